The van der Waals surface area contributed by atoms with E-state index in [4.69, 9.17) is 9.47 Å². The van der Waals surface area contributed by atoms with Crippen molar-refractivity contribution in [1.82, 2.24) is 4.90 Å². The van der Waals surface area contributed by atoms with Crippen molar-refractivity contribution in [3.05, 3.63) is 29.8 Å². The van der Waals surface area contributed by atoms with Gasteiger partial charge in [0.1, 0.15) is 0 Å². The Balaban J connectivity index is 1.70. The van der Waals surface area contributed by atoms with Crippen molar-refractivity contribution in [2.24, 2.45) is 11.3 Å². The third kappa shape index (κ3) is 2.93. The first-order valence-electron chi connectivity index (χ1n) is 9.16. The van der Waals surface area contributed by atoms with E-state index >= 15 is 0 Å². The van der Waals surface area contributed by atoms with Crippen molar-refractivity contribution in [3.63, 3.8) is 0 Å². The van der Waals surface area contributed by atoms with Gasteiger partial charge in [-0.3, -0.25) is 0 Å². The minimum Gasteiger partial charge on any atom is -0.353 e. The van der Waals surface area contributed by atoms with Gasteiger partial charge < -0.3 is 19.7 Å². The highest BCUT2D eigenvalue weighted by Gasteiger charge is 2.67. The van der Waals surface area contributed by atoms with Gasteiger partial charge in [0.2, 0.25) is 0 Å². The molecule has 25 heavy (non-hydrogen) atoms. The van der Waals surface area contributed by atoms with Crippen LogP contribution in [0.2, 0.25) is 0 Å². The Morgan fingerprint density at radius 2 is 1.92 bits per heavy atom. The summed E-state index contributed by atoms with van der Waals surface area (Å²) in [6.07, 6.45) is 2.61. The molecule has 2 amide bonds. The van der Waals surface area contributed by atoms with Crippen molar-refractivity contribution in [1.29, 1.82) is 0 Å². The maximum atomic E-state index is 12.9. The molecule has 2 aliphatic rings. The molecule has 1 N–H and O–H groups in total. The van der Waals surface area contributed by atoms with Crippen LogP contribution in [0.25, 0.3) is 0 Å². The Morgan fingerprint density at radius 3 is 2.48 bits per heavy atom. The van der Waals surface area contributed by atoms with Crippen LogP contribution in [0.15, 0.2) is 24.3 Å². The second-order valence-corrected chi connectivity index (χ2v) is 7.79. The number of ether oxygens (including phenoxy) is 2. The van der Waals surface area contributed by atoms with E-state index < -0.39 is 5.79 Å². The minimum atomic E-state index is -0.468. The summed E-state index contributed by atoms with van der Waals surface area (Å²) in [5.41, 5.74) is 2.20. The molecule has 1 heterocycles. The van der Waals surface area contributed by atoms with Gasteiger partial charge in [0, 0.05) is 50.8 Å². The Morgan fingerprint density at radius 1 is 1.28 bits per heavy atom. The number of amides is 2. The molecule has 1 saturated carbocycles. The van der Waals surface area contributed by atoms with E-state index in [1.165, 1.54) is 0 Å². The number of benzene rings is 1. The van der Waals surface area contributed by atoms with Gasteiger partial charge in [0.25, 0.3) is 0 Å². The van der Waals surface area contributed by atoms with Crippen molar-refractivity contribution >= 4 is 11.7 Å². The zero-order valence-electron chi connectivity index (χ0n) is 16.0. The Bertz CT molecular complexity index is 632. The molecule has 1 aromatic carbocycles. The first kappa shape index (κ1) is 18.2. The van der Waals surface area contributed by atoms with Gasteiger partial charge in [0.15, 0.2) is 5.79 Å². The van der Waals surface area contributed by atoms with E-state index in [2.05, 4.69) is 32.2 Å². The highest BCUT2D eigenvalue weighted by atomic mass is 16.7. The van der Waals surface area contributed by atoms with Crippen LogP contribution in [0.3, 0.4) is 0 Å². The molecule has 1 unspecified atom stereocenters. The number of carbonyl (C=O) groups is 1. The predicted molar refractivity (Wildman–Crippen MR) is 98.6 cm³/mol. The molecule has 2 fully saturated rings. The first-order chi connectivity index (χ1) is 11.9. The molecule has 1 atom stereocenters. The number of carbonyl (C=O) groups excluding carboxylic acids is 1. The second kappa shape index (κ2) is 6.61. The average molecular weight is 346 g/mol. The molecule has 5 nitrogen and oxygen atoms in total. The zero-order chi connectivity index (χ0) is 18.2. The maximum absolute atomic E-state index is 12.9. The largest absolute Gasteiger partial charge is 0.353 e. The standard InChI is InChI=1S/C20H30N2O3/c1-6-15-9-7-8-10-16(15)21-18(23)22-13-19(17(22)14(2)3)11-20(12-19,24-4)25-5/h7-10,14,17H,6,11-13H2,1-5H3,(H,21,23). The van der Waals surface area contributed by atoms with Crippen molar-refractivity contribution in [2.75, 3.05) is 26.1 Å². The quantitative estimate of drug-likeness (QED) is 0.823. The number of likely N-dealkylation sites (tertiary alicyclic amines) is 1. The van der Waals surface area contributed by atoms with E-state index in [-0.39, 0.29) is 17.5 Å². The van der Waals surface area contributed by atoms with E-state index in [9.17, 15) is 4.79 Å². The van der Waals surface area contributed by atoms with Crippen LogP contribution in [-0.4, -0.2) is 43.5 Å². The molecule has 3 rings (SSSR count). The summed E-state index contributed by atoms with van der Waals surface area (Å²) in [7, 11) is 3.40. The fraction of sp³-hybridized carbons (Fsp3) is 0.650. The van der Waals surface area contributed by atoms with Gasteiger partial charge in [-0.2, -0.15) is 0 Å². The van der Waals surface area contributed by atoms with Crippen molar-refractivity contribution < 1.29 is 14.3 Å². The molecule has 138 valence electrons. The zero-order valence-corrected chi connectivity index (χ0v) is 16.0. The lowest BCUT2D eigenvalue weighted by molar-refractivity contribution is -0.331. The lowest BCUT2D eigenvalue weighted by Gasteiger charge is -2.68. The van der Waals surface area contributed by atoms with Crippen LogP contribution in [0.4, 0.5) is 10.5 Å². The van der Waals surface area contributed by atoms with Gasteiger partial charge in [-0.15, -0.1) is 0 Å². The monoisotopic (exact) mass is 346 g/mol. The number of para-hydroxylation sites is 1. The summed E-state index contributed by atoms with van der Waals surface area (Å²) in [5.74, 6) is -0.0718. The summed E-state index contributed by atoms with van der Waals surface area (Å²) >= 11 is 0. The average Bonchev–Trinajstić information content (AvgIpc) is 2.53. The minimum absolute atomic E-state index is 0.00226. The number of nitrogens with zero attached hydrogens (tertiary/aromatic N) is 1. The summed E-state index contributed by atoms with van der Waals surface area (Å²) in [6, 6.07) is 8.22. The molecule has 1 aliphatic carbocycles. The summed E-state index contributed by atoms with van der Waals surface area (Å²) in [4.78, 5) is 14.8. The molecular weight excluding hydrogens is 316 g/mol. The van der Waals surface area contributed by atoms with Crippen LogP contribution in [0.1, 0.15) is 39.2 Å². The summed E-state index contributed by atoms with van der Waals surface area (Å²) in [5, 5.41) is 3.11. The van der Waals surface area contributed by atoms with Crippen LogP contribution >= 0.6 is 0 Å². The number of nitrogens with one attached hydrogen (secondary N) is 1. The van der Waals surface area contributed by atoms with Crippen molar-refractivity contribution in [2.45, 2.75) is 51.9 Å². The molecule has 1 aliphatic heterocycles. The molecule has 0 radical (unpaired) electrons. The number of hydrogen-bond acceptors (Lipinski definition) is 3. The second-order valence-electron chi connectivity index (χ2n) is 7.79. The molecule has 0 aromatic heterocycles. The molecular formula is C20H30N2O3. The Labute approximate surface area is 150 Å². The lowest BCUT2D eigenvalue weighted by atomic mass is 9.52. The Kier molecular flexibility index (Phi) is 4.82. The van der Waals surface area contributed by atoms with Gasteiger partial charge in [0.05, 0.1) is 0 Å². The van der Waals surface area contributed by atoms with Crippen LogP contribution in [0.5, 0.6) is 0 Å². The molecule has 1 saturated heterocycles. The fourth-order valence-corrected chi connectivity index (χ4v) is 4.87. The number of methoxy groups -OCH3 is 2. The molecule has 0 bridgehead atoms. The lowest BCUT2D eigenvalue weighted by Crippen LogP contribution is -2.77. The maximum Gasteiger partial charge on any atom is 0.322 e. The number of urea groups is 1. The van der Waals surface area contributed by atoms with Gasteiger partial charge >= 0.3 is 6.03 Å². The number of anilines is 1. The molecule has 1 aromatic rings. The number of hydrogen-bond donors (Lipinski definition) is 1. The third-order valence-corrected chi connectivity index (χ3v) is 5.97. The summed E-state index contributed by atoms with van der Waals surface area (Å²) < 4.78 is 11.1. The smallest absolute Gasteiger partial charge is 0.322 e. The highest BCUT2D eigenvalue weighted by molar-refractivity contribution is 5.91. The topological polar surface area (TPSA) is 50.8 Å². The molecule has 1 spiro atoms. The van der Waals surface area contributed by atoms with Crippen LogP contribution < -0.4 is 5.32 Å². The van der Waals surface area contributed by atoms with Crippen LogP contribution in [0, 0.1) is 11.3 Å². The predicted octanol–water partition coefficient (Wildman–Crippen LogP) is 3.89. The normalized spacial score (nSPS) is 23.3. The number of rotatable bonds is 5. The van der Waals surface area contributed by atoms with E-state index in [0.29, 0.717) is 5.92 Å². The first-order valence-corrected chi connectivity index (χ1v) is 9.16. The van der Waals surface area contributed by atoms with Gasteiger partial charge in [-0.1, -0.05) is 39.0 Å². The number of aryl methyl sites for hydroxylation is 1. The Hall–Kier alpha value is -1.59. The van der Waals surface area contributed by atoms with Crippen molar-refractivity contribution in [3.8, 4) is 0 Å². The third-order valence-electron chi connectivity index (χ3n) is 5.97. The van der Waals surface area contributed by atoms with Gasteiger partial charge in [-0.25, -0.2) is 4.79 Å². The van der Waals surface area contributed by atoms with E-state index in [1.54, 1.807) is 14.2 Å². The van der Waals surface area contributed by atoms with Crippen LogP contribution in [-0.2, 0) is 15.9 Å². The van der Waals surface area contributed by atoms with E-state index in [0.717, 1.165) is 37.1 Å². The SMILES string of the molecule is CCc1ccccc1NC(=O)N1CC2(CC(OC)(OC)C2)C1C(C)C. The fourth-order valence-electron chi connectivity index (χ4n) is 4.87. The highest BCUT2D eigenvalue weighted by Crippen LogP contribution is 2.61. The summed E-state index contributed by atoms with van der Waals surface area (Å²) in [6.45, 7) is 7.24. The van der Waals surface area contributed by atoms with Gasteiger partial charge in [-0.05, 0) is 24.0 Å². The van der Waals surface area contributed by atoms with E-state index in [1.807, 2.05) is 23.1 Å². The molecule has 5 heteroatoms.